The lowest BCUT2D eigenvalue weighted by molar-refractivity contribution is -0.135. The standard InChI is InChI=1S/C20H21BrN2O2/c1-14-7-3-4-8-15(14)12-22(2)20(25)16-11-19(24)23(13-16)18-10-6-5-9-17(18)21/h3-10,16H,11-13H2,1-2H3. The average molecular weight is 401 g/mol. The maximum Gasteiger partial charge on any atom is 0.228 e. The summed E-state index contributed by atoms with van der Waals surface area (Å²) in [5.74, 6) is -0.283. The number of aryl methyl sites for hydroxylation is 1. The zero-order chi connectivity index (χ0) is 18.0. The predicted octanol–water partition coefficient (Wildman–Crippen LogP) is 3.77. The van der Waals surface area contributed by atoms with Crippen LogP contribution < -0.4 is 4.90 Å². The van der Waals surface area contributed by atoms with E-state index in [1.165, 1.54) is 5.56 Å². The van der Waals surface area contributed by atoms with E-state index < -0.39 is 0 Å². The van der Waals surface area contributed by atoms with Crippen LogP contribution in [0.1, 0.15) is 17.5 Å². The van der Waals surface area contributed by atoms with Crippen molar-refractivity contribution in [2.75, 3.05) is 18.5 Å². The molecule has 1 aliphatic heterocycles. The predicted molar refractivity (Wildman–Crippen MR) is 102 cm³/mol. The Balaban J connectivity index is 1.70. The second-order valence-corrected chi connectivity index (χ2v) is 7.33. The van der Waals surface area contributed by atoms with Crippen LogP contribution in [0.5, 0.6) is 0 Å². The molecule has 4 nitrogen and oxygen atoms in total. The van der Waals surface area contributed by atoms with Gasteiger partial charge < -0.3 is 9.80 Å². The fourth-order valence-electron chi connectivity index (χ4n) is 3.21. The quantitative estimate of drug-likeness (QED) is 0.783. The fourth-order valence-corrected chi connectivity index (χ4v) is 3.71. The summed E-state index contributed by atoms with van der Waals surface area (Å²) in [7, 11) is 1.81. The first-order valence-corrected chi connectivity index (χ1v) is 9.11. The Morgan fingerprint density at radius 2 is 1.88 bits per heavy atom. The molecule has 1 fully saturated rings. The zero-order valence-corrected chi connectivity index (χ0v) is 16.0. The molecule has 0 bridgehead atoms. The normalized spacial score (nSPS) is 17.0. The smallest absolute Gasteiger partial charge is 0.228 e. The summed E-state index contributed by atoms with van der Waals surface area (Å²) in [6, 6.07) is 15.7. The molecular formula is C20H21BrN2O2. The van der Waals surface area contributed by atoms with Gasteiger partial charge in [-0.15, -0.1) is 0 Å². The van der Waals surface area contributed by atoms with Gasteiger partial charge >= 0.3 is 0 Å². The molecule has 1 unspecified atom stereocenters. The van der Waals surface area contributed by atoms with E-state index in [1.54, 1.807) is 16.8 Å². The molecule has 0 aliphatic carbocycles. The molecule has 1 aliphatic rings. The summed E-state index contributed by atoms with van der Waals surface area (Å²) in [5, 5.41) is 0. The van der Waals surface area contributed by atoms with E-state index in [1.807, 2.05) is 55.5 Å². The maximum atomic E-state index is 12.8. The van der Waals surface area contributed by atoms with Crippen molar-refractivity contribution in [3.05, 3.63) is 64.1 Å². The van der Waals surface area contributed by atoms with Crippen molar-refractivity contribution in [3.8, 4) is 0 Å². The van der Waals surface area contributed by atoms with E-state index in [0.29, 0.717) is 13.1 Å². The van der Waals surface area contributed by atoms with Crippen LogP contribution in [-0.2, 0) is 16.1 Å². The summed E-state index contributed by atoms with van der Waals surface area (Å²) in [5.41, 5.74) is 3.12. The molecule has 0 spiro atoms. The molecule has 130 valence electrons. The maximum absolute atomic E-state index is 12.8. The number of para-hydroxylation sites is 1. The molecular weight excluding hydrogens is 380 g/mol. The topological polar surface area (TPSA) is 40.6 Å². The molecule has 0 radical (unpaired) electrons. The third-order valence-electron chi connectivity index (χ3n) is 4.66. The summed E-state index contributed by atoms with van der Waals surface area (Å²) >= 11 is 3.48. The minimum Gasteiger partial charge on any atom is -0.341 e. The Hall–Kier alpha value is -2.14. The summed E-state index contributed by atoms with van der Waals surface area (Å²) < 4.78 is 0.865. The Kier molecular flexibility index (Phi) is 5.23. The number of hydrogen-bond donors (Lipinski definition) is 0. The highest BCUT2D eigenvalue weighted by atomic mass is 79.9. The molecule has 2 aromatic carbocycles. The van der Waals surface area contributed by atoms with Crippen LogP contribution in [0.4, 0.5) is 5.69 Å². The molecule has 5 heteroatoms. The van der Waals surface area contributed by atoms with Crippen molar-refractivity contribution >= 4 is 33.4 Å². The van der Waals surface area contributed by atoms with Crippen molar-refractivity contribution < 1.29 is 9.59 Å². The Morgan fingerprint density at radius 3 is 2.60 bits per heavy atom. The number of benzene rings is 2. The lowest BCUT2D eigenvalue weighted by Crippen LogP contribution is -2.34. The molecule has 0 aromatic heterocycles. The van der Waals surface area contributed by atoms with Crippen LogP contribution in [0.25, 0.3) is 0 Å². The van der Waals surface area contributed by atoms with Gasteiger partial charge in [0, 0.05) is 31.0 Å². The van der Waals surface area contributed by atoms with Gasteiger partial charge in [0.1, 0.15) is 0 Å². The fraction of sp³-hybridized carbons (Fsp3) is 0.300. The number of hydrogen-bond acceptors (Lipinski definition) is 2. The number of amides is 2. The van der Waals surface area contributed by atoms with Crippen molar-refractivity contribution in [2.24, 2.45) is 5.92 Å². The van der Waals surface area contributed by atoms with E-state index in [4.69, 9.17) is 0 Å². The minimum atomic E-state index is -0.298. The summed E-state index contributed by atoms with van der Waals surface area (Å²) in [6.45, 7) is 3.03. The second kappa shape index (κ2) is 7.40. The van der Waals surface area contributed by atoms with E-state index in [2.05, 4.69) is 15.9 Å². The van der Waals surface area contributed by atoms with Gasteiger partial charge in [-0.1, -0.05) is 36.4 Å². The SMILES string of the molecule is Cc1ccccc1CN(C)C(=O)C1CC(=O)N(c2ccccc2Br)C1. The molecule has 25 heavy (non-hydrogen) atoms. The highest BCUT2D eigenvalue weighted by Crippen LogP contribution is 2.32. The van der Waals surface area contributed by atoms with Crippen LogP contribution in [-0.4, -0.2) is 30.3 Å². The van der Waals surface area contributed by atoms with E-state index >= 15 is 0 Å². The third kappa shape index (κ3) is 3.76. The van der Waals surface area contributed by atoms with Gasteiger partial charge in [0.15, 0.2) is 0 Å². The zero-order valence-electron chi connectivity index (χ0n) is 14.4. The molecule has 2 amide bonds. The van der Waals surface area contributed by atoms with Crippen LogP contribution in [0, 0.1) is 12.8 Å². The Bertz CT molecular complexity index is 806. The largest absolute Gasteiger partial charge is 0.341 e. The molecule has 3 rings (SSSR count). The lowest BCUT2D eigenvalue weighted by Gasteiger charge is -2.22. The highest BCUT2D eigenvalue weighted by Gasteiger charge is 2.37. The monoisotopic (exact) mass is 400 g/mol. The number of rotatable bonds is 4. The van der Waals surface area contributed by atoms with E-state index in [-0.39, 0.29) is 24.2 Å². The van der Waals surface area contributed by atoms with Crippen LogP contribution in [0.2, 0.25) is 0 Å². The molecule has 1 heterocycles. The summed E-state index contributed by atoms with van der Waals surface area (Å²) in [4.78, 5) is 28.6. The molecule has 1 atom stereocenters. The average Bonchev–Trinajstić information content (AvgIpc) is 2.98. The molecule has 2 aromatic rings. The summed E-state index contributed by atoms with van der Waals surface area (Å²) in [6.07, 6.45) is 0.262. The van der Waals surface area contributed by atoms with Crippen molar-refractivity contribution in [3.63, 3.8) is 0 Å². The van der Waals surface area contributed by atoms with Gasteiger partial charge in [0.05, 0.1) is 11.6 Å². The van der Waals surface area contributed by atoms with E-state index in [0.717, 1.165) is 15.7 Å². The number of carbonyl (C=O) groups is 2. The minimum absolute atomic E-state index is 0.00505. The first kappa shape index (κ1) is 17.7. The van der Waals surface area contributed by atoms with Gasteiger partial charge in [-0.05, 0) is 46.1 Å². The third-order valence-corrected chi connectivity index (χ3v) is 5.33. The first-order valence-electron chi connectivity index (χ1n) is 8.31. The molecule has 1 saturated heterocycles. The van der Waals surface area contributed by atoms with Crippen LogP contribution in [0.3, 0.4) is 0 Å². The number of anilines is 1. The second-order valence-electron chi connectivity index (χ2n) is 6.48. The van der Waals surface area contributed by atoms with Crippen molar-refractivity contribution in [1.82, 2.24) is 4.90 Å². The number of carbonyl (C=O) groups excluding carboxylic acids is 2. The highest BCUT2D eigenvalue weighted by molar-refractivity contribution is 9.10. The molecule has 0 saturated carbocycles. The van der Waals surface area contributed by atoms with Gasteiger partial charge in [0.2, 0.25) is 11.8 Å². The first-order chi connectivity index (χ1) is 12.0. The van der Waals surface area contributed by atoms with Crippen LogP contribution in [0.15, 0.2) is 53.0 Å². The Labute approximate surface area is 156 Å². The van der Waals surface area contributed by atoms with E-state index in [9.17, 15) is 9.59 Å². The van der Waals surface area contributed by atoms with Gasteiger partial charge in [-0.3, -0.25) is 9.59 Å². The van der Waals surface area contributed by atoms with Crippen molar-refractivity contribution in [1.29, 1.82) is 0 Å². The molecule has 0 N–H and O–H groups in total. The van der Waals surface area contributed by atoms with Gasteiger partial charge in [-0.25, -0.2) is 0 Å². The Morgan fingerprint density at radius 1 is 1.20 bits per heavy atom. The van der Waals surface area contributed by atoms with Crippen LogP contribution >= 0.6 is 15.9 Å². The lowest BCUT2D eigenvalue weighted by atomic mass is 10.1. The van der Waals surface area contributed by atoms with Gasteiger partial charge in [0.25, 0.3) is 0 Å². The number of halogens is 1. The number of nitrogens with zero attached hydrogens (tertiary/aromatic N) is 2. The van der Waals surface area contributed by atoms with Crippen molar-refractivity contribution in [2.45, 2.75) is 19.9 Å². The van der Waals surface area contributed by atoms with Gasteiger partial charge in [-0.2, -0.15) is 0 Å².